The first-order valence-electron chi connectivity index (χ1n) is 9.04. The van der Waals surface area contributed by atoms with Gasteiger partial charge in [0.05, 0.1) is 15.0 Å². The fraction of sp³-hybridized carbons (Fsp3) is 0.222. The lowest BCUT2D eigenvalue weighted by molar-refractivity contribution is -0.384. The molecule has 1 aromatic carbocycles. The van der Waals surface area contributed by atoms with Crippen LogP contribution in [0, 0.1) is 10.1 Å². The Morgan fingerprint density at radius 2 is 2.13 bits per heavy atom. The predicted molar refractivity (Wildman–Crippen MR) is 119 cm³/mol. The number of halogens is 1. The summed E-state index contributed by atoms with van der Waals surface area (Å²) in [5.41, 5.74) is 0.968. The summed E-state index contributed by atoms with van der Waals surface area (Å²) in [4.78, 5) is 27.6. The molecule has 0 unspecified atom stereocenters. The van der Waals surface area contributed by atoms with Gasteiger partial charge in [-0.1, -0.05) is 23.7 Å². The van der Waals surface area contributed by atoms with E-state index in [1.807, 2.05) is 0 Å². The van der Waals surface area contributed by atoms with Crippen LogP contribution in [0.25, 0.3) is 11.3 Å². The van der Waals surface area contributed by atoms with Crippen LogP contribution in [0.3, 0.4) is 0 Å². The fourth-order valence-corrected chi connectivity index (χ4v) is 7.26. The number of thiophene rings is 1. The van der Waals surface area contributed by atoms with E-state index >= 15 is 0 Å². The van der Waals surface area contributed by atoms with Crippen molar-refractivity contribution in [3.8, 4) is 11.3 Å². The highest BCUT2D eigenvalue weighted by atomic mass is 35.5. The van der Waals surface area contributed by atoms with Crippen LogP contribution in [0.15, 0.2) is 46.0 Å². The van der Waals surface area contributed by atoms with Crippen LogP contribution in [-0.4, -0.2) is 41.1 Å². The molecule has 4 rings (SSSR count). The maximum atomic E-state index is 12.9. The van der Waals surface area contributed by atoms with Crippen molar-refractivity contribution in [2.24, 2.45) is 0 Å². The van der Waals surface area contributed by atoms with E-state index in [2.05, 4.69) is 10.3 Å². The van der Waals surface area contributed by atoms with Gasteiger partial charge in [0.1, 0.15) is 10.3 Å². The molecule has 3 heterocycles. The van der Waals surface area contributed by atoms with Gasteiger partial charge in [0.2, 0.25) is 5.91 Å². The summed E-state index contributed by atoms with van der Waals surface area (Å²) in [5.74, 6) is -0.469. The van der Waals surface area contributed by atoms with Gasteiger partial charge in [0.25, 0.3) is 15.7 Å². The second-order valence-corrected chi connectivity index (χ2v) is 11.4. The van der Waals surface area contributed by atoms with Crippen molar-refractivity contribution in [1.29, 1.82) is 0 Å². The summed E-state index contributed by atoms with van der Waals surface area (Å²) >= 11 is 7.98. The van der Waals surface area contributed by atoms with E-state index in [0.717, 1.165) is 22.7 Å². The molecule has 0 bridgehead atoms. The number of non-ortho nitro benzene ring substituents is 1. The molecule has 3 aromatic rings. The molecule has 1 aliphatic rings. The van der Waals surface area contributed by atoms with Crippen molar-refractivity contribution >= 4 is 61.0 Å². The number of anilines is 1. The van der Waals surface area contributed by atoms with Crippen LogP contribution >= 0.6 is 34.3 Å². The number of carbonyl (C=O) groups excluding carboxylic acids is 1. The lowest BCUT2D eigenvalue weighted by atomic mass is 10.1. The molecule has 1 saturated heterocycles. The first kappa shape index (κ1) is 21.8. The predicted octanol–water partition coefficient (Wildman–Crippen LogP) is 4.23. The third-order valence-electron chi connectivity index (χ3n) is 4.70. The smallest absolute Gasteiger partial charge is 0.270 e. The number of hydrogen-bond acceptors (Lipinski definition) is 8. The Morgan fingerprint density at radius 3 is 2.84 bits per heavy atom. The fourth-order valence-electron chi connectivity index (χ4n) is 3.27. The minimum atomic E-state index is -3.83. The van der Waals surface area contributed by atoms with Crippen molar-refractivity contribution in [2.45, 2.75) is 23.1 Å². The number of thiazole rings is 1. The molecule has 9 nitrogen and oxygen atoms in total. The van der Waals surface area contributed by atoms with Crippen LogP contribution in [0.4, 0.5) is 10.8 Å². The number of carbonyl (C=O) groups is 1. The first-order chi connectivity index (χ1) is 14.8. The van der Waals surface area contributed by atoms with Crippen molar-refractivity contribution in [3.05, 3.63) is 56.2 Å². The molecule has 0 aliphatic carbocycles. The van der Waals surface area contributed by atoms with Crippen molar-refractivity contribution < 1.29 is 18.1 Å². The molecule has 1 amide bonds. The standard InChI is InChI=1S/C18H15ClN4O5S3/c19-15-6-7-16(30-15)31(27,28)22-8-2-5-14(22)17(24)21-18-20-13(10-29-18)11-3-1-4-12(9-11)23(25)26/h1,3-4,6-7,9-10,14H,2,5,8H2,(H,20,21,24)/t14-/m1/s1. The van der Waals surface area contributed by atoms with Gasteiger partial charge in [-0.2, -0.15) is 4.31 Å². The van der Waals surface area contributed by atoms with Gasteiger partial charge in [-0.05, 0) is 25.0 Å². The molecule has 162 valence electrons. The number of nitro benzene ring substituents is 1. The second-order valence-electron chi connectivity index (χ2n) is 6.67. The van der Waals surface area contributed by atoms with Crippen LogP contribution in [0.5, 0.6) is 0 Å². The average molecular weight is 499 g/mol. The van der Waals surface area contributed by atoms with Gasteiger partial charge in [0, 0.05) is 29.6 Å². The Labute approximate surface area is 190 Å². The van der Waals surface area contributed by atoms with Crippen molar-refractivity contribution in [2.75, 3.05) is 11.9 Å². The Hall–Kier alpha value is -2.38. The van der Waals surface area contributed by atoms with E-state index in [9.17, 15) is 23.3 Å². The van der Waals surface area contributed by atoms with Crippen LogP contribution in [-0.2, 0) is 14.8 Å². The first-order valence-corrected chi connectivity index (χ1v) is 12.6. The zero-order valence-electron chi connectivity index (χ0n) is 15.7. The Balaban J connectivity index is 1.51. The summed E-state index contributed by atoms with van der Waals surface area (Å²) in [7, 11) is -3.83. The van der Waals surface area contributed by atoms with Crippen molar-refractivity contribution in [3.63, 3.8) is 0 Å². The number of amides is 1. The Kier molecular flexibility index (Phi) is 6.08. The molecule has 0 spiro atoms. The summed E-state index contributed by atoms with van der Waals surface area (Å²) in [5, 5.41) is 15.6. The highest BCUT2D eigenvalue weighted by Gasteiger charge is 2.40. The summed E-state index contributed by atoms with van der Waals surface area (Å²) in [6.07, 6.45) is 0.959. The van der Waals surface area contributed by atoms with Crippen LogP contribution in [0.1, 0.15) is 12.8 Å². The second kappa shape index (κ2) is 8.63. The van der Waals surface area contributed by atoms with Gasteiger partial charge in [0.15, 0.2) is 5.13 Å². The summed E-state index contributed by atoms with van der Waals surface area (Å²) < 4.78 is 27.5. The third kappa shape index (κ3) is 4.48. The molecular weight excluding hydrogens is 484 g/mol. The van der Waals surface area contributed by atoms with E-state index in [-0.39, 0.29) is 21.6 Å². The molecule has 1 fully saturated rings. The van der Waals surface area contributed by atoms with E-state index in [1.54, 1.807) is 17.5 Å². The van der Waals surface area contributed by atoms with E-state index in [4.69, 9.17) is 11.6 Å². The van der Waals surface area contributed by atoms with E-state index in [0.29, 0.717) is 28.4 Å². The summed E-state index contributed by atoms with van der Waals surface area (Å²) in [6.45, 7) is 0.243. The van der Waals surface area contributed by atoms with E-state index in [1.165, 1.54) is 28.6 Å². The highest BCUT2D eigenvalue weighted by Crippen LogP contribution is 2.33. The maximum absolute atomic E-state index is 12.9. The topological polar surface area (TPSA) is 123 Å². The van der Waals surface area contributed by atoms with Gasteiger partial charge in [-0.3, -0.25) is 14.9 Å². The molecule has 2 aromatic heterocycles. The largest absolute Gasteiger partial charge is 0.301 e. The highest BCUT2D eigenvalue weighted by molar-refractivity contribution is 7.91. The number of aromatic nitrogens is 1. The number of sulfonamides is 1. The minimum absolute atomic E-state index is 0.0587. The SMILES string of the molecule is O=C(Nc1nc(-c2cccc([N+](=O)[O-])c2)cs1)[C@H]1CCCN1S(=O)(=O)c1ccc(Cl)s1. The molecule has 1 N–H and O–H groups in total. The summed E-state index contributed by atoms with van der Waals surface area (Å²) in [6, 6.07) is 8.12. The molecule has 1 aliphatic heterocycles. The van der Waals surface area contributed by atoms with Gasteiger partial charge >= 0.3 is 0 Å². The Morgan fingerprint density at radius 1 is 1.32 bits per heavy atom. The van der Waals surface area contributed by atoms with Crippen LogP contribution < -0.4 is 5.32 Å². The molecule has 31 heavy (non-hydrogen) atoms. The minimum Gasteiger partial charge on any atom is -0.301 e. The quantitative estimate of drug-likeness (QED) is 0.401. The lowest BCUT2D eigenvalue weighted by Crippen LogP contribution is -2.42. The monoisotopic (exact) mass is 498 g/mol. The zero-order valence-corrected chi connectivity index (χ0v) is 18.9. The average Bonchev–Trinajstić information content (AvgIpc) is 3.48. The zero-order chi connectivity index (χ0) is 22.2. The number of nitrogens with zero attached hydrogens (tertiary/aromatic N) is 3. The Bertz CT molecular complexity index is 1260. The van der Waals surface area contributed by atoms with Gasteiger partial charge < -0.3 is 5.32 Å². The number of nitrogens with one attached hydrogen (secondary N) is 1. The number of nitro groups is 1. The number of rotatable bonds is 6. The maximum Gasteiger partial charge on any atom is 0.270 e. The molecule has 0 radical (unpaired) electrons. The lowest BCUT2D eigenvalue weighted by Gasteiger charge is -2.22. The third-order valence-corrected chi connectivity index (χ3v) is 9.07. The molecule has 1 atom stereocenters. The van der Waals surface area contributed by atoms with Gasteiger partial charge in [-0.15, -0.1) is 22.7 Å². The van der Waals surface area contributed by atoms with Gasteiger partial charge in [-0.25, -0.2) is 13.4 Å². The number of hydrogen-bond donors (Lipinski definition) is 1. The normalized spacial score (nSPS) is 17.0. The number of benzene rings is 1. The molecule has 13 heteroatoms. The molecular formula is C18H15ClN4O5S3. The van der Waals surface area contributed by atoms with E-state index < -0.39 is 26.9 Å². The van der Waals surface area contributed by atoms with Crippen molar-refractivity contribution in [1.82, 2.24) is 9.29 Å². The van der Waals surface area contributed by atoms with Crippen LogP contribution in [0.2, 0.25) is 4.34 Å². The molecule has 0 saturated carbocycles.